The van der Waals surface area contributed by atoms with Crippen molar-refractivity contribution in [3.8, 4) is 5.75 Å². The summed E-state index contributed by atoms with van der Waals surface area (Å²) in [5.74, 6) is -0.870. The highest BCUT2D eigenvalue weighted by Crippen LogP contribution is 2.41. The maximum atomic E-state index is 13.2. The van der Waals surface area contributed by atoms with Gasteiger partial charge in [0, 0.05) is 24.5 Å². The largest absolute Gasteiger partial charge is 0.507 e. The van der Waals surface area contributed by atoms with Gasteiger partial charge in [0.1, 0.15) is 11.5 Å². The van der Waals surface area contributed by atoms with E-state index in [9.17, 15) is 14.7 Å². The first-order valence-corrected chi connectivity index (χ1v) is 12.0. The van der Waals surface area contributed by atoms with E-state index in [1.165, 1.54) is 4.90 Å². The van der Waals surface area contributed by atoms with Gasteiger partial charge in [-0.1, -0.05) is 67.8 Å². The molecule has 1 saturated heterocycles. The molecule has 1 unspecified atom stereocenters. The molecular formula is C29H30N2O4. The van der Waals surface area contributed by atoms with Gasteiger partial charge in [-0.25, -0.2) is 0 Å². The Balaban J connectivity index is 1.77. The van der Waals surface area contributed by atoms with Crippen molar-refractivity contribution in [2.24, 2.45) is 0 Å². The number of carbonyl (C=O) groups is 2. The second-order valence-electron chi connectivity index (χ2n) is 8.78. The van der Waals surface area contributed by atoms with E-state index in [0.717, 1.165) is 30.4 Å². The lowest BCUT2D eigenvalue weighted by molar-refractivity contribution is -0.140. The fourth-order valence-electron chi connectivity index (χ4n) is 4.26. The Morgan fingerprint density at radius 1 is 1.06 bits per heavy atom. The van der Waals surface area contributed by atoms with E-state index >= 15 is 0 Å². The normalized spacial score (nSPS) is 17.1. The van der Waals surface area contributed by atoms with Crippen molar-refractivity contribution in [2.75, 3.05) is 6.61 Å². The van der Waals surface area contributed by atoms with Gasteiger partial charge in [-0.15, -0.1) is 0 Å². The van der Waals surface area contributed by atoms with E-state index in [0.29, 0.717) is 23.5 Å². The average molecular weight is 471 g/mol. The Bertz CT molecular complexity index is 1220. The molecule has 1 atom stereocenters. The highest BCUT2D eigenvalue weighted by molar-refractivity contribution is 6.46. The van der Waals surface area contributed by atoms with E-state index < -0.39 is 17.7 Å². The molecule has 2 heterocycles. The van der Waals surface area contributed by atoms with Crippen LogP contribution >= 0.6 is 0 Å². The quantitative estimate of drug-likeness (QED) is 0.191. The smallest absolute Gasteiger partial charge is 0.295 e. The summed E-state index contributed by atoms with van der Waals surface area (Å²) in [5.41, 5.74) is 3.09. The van der Waals surface area contributed by atoms with Crippen LogP contribution in [0.25, 0.3) is 5.76 Å². The maximum Gasteiger partial charge on any atom is 0.295 e. The van der Waals surface area contributed by atoms with Crippen molar-refractivity contribution in [2.45, 2.75) is 45.7 Å². The molecule has 35 heavy (non-hydrogen) atoms. The fraction of sp³-hybridized carbons (Fsp3) is 0.276. The third-order valence-electron chi connectivity index (χ3n) is 6.13. The number of pyridine rings is 1. The van der Waals surface area contributed by atoms with E-state index in [2.05, 4.69) is 11.9 Å². The van der Waals surface area contributed by atoms with E-state index in [4.69, 9.17) is 4.74 Å². The predicted octanol–water partition coefficient (Wildman–Crippen LogP) is 5.58. The third-order valence-corrected chi connectivity index (χ3v) is 6.13. The van der Waals surface area contributed by atoms with Crippen molar-refractivity contribution in [1.82, 2.24) is 9.88 Å². The molecule has 0 aliphatic carbocycles. The summed E-state index contributed by atoms with van der Waals surface area (Å²) < 4.78 is 5.93. The lowest BCUT2D eigenvalue weighted by Gasteiger charge is -2.25. The number of carbonyl (C=O) groups excluding carboxylic acids is 2. The van der Waals surface area contributed by atoms with Crippen LogP contribution in [-0.4, -0.2) is 33.3 Å². The number of aliphatic hydroxyl groups is 1. The maximum absolute atomic E-state index is 13.2. The molecule has 0 radical (unpaired) electrons. The first-order valence-electron chi connectivity index (χ1n) is 12.0. The van der Waals surface area contributed by atoms with Crippen molar-refractivity contribution in [3.05, 3.63) is 101 Å². The Kier molecular flexibility index (Phi) is 7.60. The molecule has 0 spiro atoms. The highest BCUT2D eigenvalue weighted by atomic mass is 16.5. The molecule has 4 rings (SSSR count). The molecule has 0 saturated carbocycles. The number of ketones is 1. The zero-order chi connectivity index (χ0) is 24.8. The van der Waals surface area contributed by atoms with E-state index in [1.807, 2.05) is 49.4 Å². The van der Waals surface area contributed by atoms with Crippen LogP contribution in [0.15, 0.2) is 78.6 Å². The minimum absolute atomic E-state index is 0.0749. The number of hydrogen-bond donors (Lipinski definition) is 1. The molecule has 1 aromatic heterocycles. The number of aryl methyl sites for hydroxylation is 1. The number of aromatic nitrogens is 1. The molecule has 180 valence electrons. The predicted molar refractivity (Wildman–Crippen MR) is 135 cm³/mol. The van der Waals surface area contributed by atoms with Gasteiger partial charge in [-0.2, -0.15) is 0 Å². The van der Waals surface area contributed by atoms with Gasteiger partial charge in [0.25, 0.3) is 11.7 Å². The van der Waals surface area contributed by atoms with Gasteiger partial charge in [0.05, 0.1) is 18.2 Å². The van der Waals surface area contributed by atoms with Gasteiger partial charge in [0.2, 0.25) is 0 Å². The second-order valence-corrected chi connectivity index (χ2v) is 8.78. The number of likely N-dealkylation sites (tertiary alicyclic amines) is 1. The van der Waals surface area contributed by atoms with Crippen molar-refractivity contribution < 1.29 is 19.4 Å². The minimum Gasteiger partial charge on any atom is -0.507 e. The lowest BCUT2D eigenvalue weighted by atomic mass is 9.94. The summed E-state index contributed by atoms with van der Waals surface area (Å²) in [6.45, 7) is 4.87. The van der Waals surface area contributed by atoms with Crippen LogP contribution in [-0.2, 0) is 16.1 Å². The molecule has 2 aromatic carbocycles. The molecule has 1 aliphatic rings. The number of amides is 1. The van der Waals surface area contributed by atoms with E-state index in [-0.39, 0.29) is 17.9 Å². The van der Waals surface area contributed by atoms with Crippen LogP contribution in [0, 0.1) is 6.92 Å². The summed E-state index contributed by atoms with van der Waals surface area (Å²) in [7, 11) is 0. The minimum atomic E-state index is -0.754. The van der Waals surface area contributed by atoms with Crippen LogP contribution in [0.3, 0.4) is 0 Å². The van der Waals surface area contributed by atoms with Crippen molar-refractivity contribution in [1.29, 1.82) is 0 Å². The number of Topliss-reactive ketones (excluding diaryl/α,β-unsaturated/α-hetero) is 1. The first-order chi connectivity index (χ1) is 17.0. The number of hydrogen-bond acceptors (Lipinski definition) is 5. The van der Waals surface area contributed by atoms with Crippen molar-refractivity contribution in [3.63, 3.8) is 0 Å². The highest BCUT2D eigenvalue weighted by Gasteiger charge is 2.46. The molecule has 1 amide bonds. The van der Waals surface area contributed by atoms with Crippen LogP contribution in [0.5, 0.6) is 5.75 Å². The average Bonchev–Trinajstić information content (AvgIpc) is 3.12. The standard InChI is InChI=1S/C29H30N2O4/c1-3-4-5-16-35-24-10-6-9-23(17-24)26-25(27(32)22-13-11-20(2)12-14-22)28(33)29(34)31(26)19-21-8-7-15-30-18-21/h6-15,17-18,26,32H,3-5,16,19H2,1-2H3/b27-25+. The molecule has 3 aromatic rings. The Morgan fingerprint density at radius 2 is 1.86 bits per heavy atom. The Morgan fingerprint density at radius 3 is 2.57 bits per heavy atom. The first kappa shape index (κ1) is 24.2. The molecular weight excluding hydrogens is 440 g/mol. The number of aliphatic hydroxyl groups excluding tert-OH is 1. The number of rotatable bonds is 9. The summed E-state index contributed by atoms with van der Waals surface area (Å²) in [5, 5.41) is 11.2. The van der Waals surface area contributed by atoms with Crippen molar-refractivity contribution >= 4 is 17.4 Å². The lowest BCUT2D eigenvalue weighted by Crippen LogP contribution is -2.29. The van der Waals surface area contributed by atoms with E-state index in [1.54, 1.807) is 30.6 Å². The molecule has 6 nitrogen and oxygen atoms in total. The molecule has 0 bridgehead atoms. The second kappa shape index (κ2) is 11.0. The van der Waals surface area contributed by atoms with Crippen LogP contribution < -0.4 is 4.74 Å². The van der Waals surface area contributed by atoms with Gasteiger partial charge >= 0.3 is 0 Å². The topological polar surface area (TPSA) is 79.7 Å². The fourth-order valence-corrected chi connectivity index (χ4v) is 4.26. The number of nitrogens with zero attached hydrogens (tertiary/aromatic N) is 2. The summed E-state index contributed by atoms with van der Waals surface area (Å²) in [4.78, 5) is 32.1. The summed E-state index contributed by atoms with van der Waals surface area (Å²) in [6, 6.07) is 17.5. The van der Waals surface area contributed by atoms with Crippen LogP contribution in [0.4, 0.5) is 0 Å². The zero-order valence-electron chi connectivity index (χ0n) is 20.1. The number of unbranched alkanes of at least 4 members (excludes halogenated alkanes) is 2. The van der Waals surface area contributed by atoms with Crippen LogP contribution in [0.2, 0.25) is 0 Å². The molecule has 1 N–H and O–H groups in total. The number of ether oxygens (including phenoxy) is 1. The monoisotopic (exact) mass is 470 g/mol. The Labute approximate surface area is 205 Å². The number of benzene rings is 2. The SMILES string of the molecule is CCCCCOc1cccc(C2/C(=C(\O)c3ccc(C)cc3)C(=O)C(=O)N2Cc2cccnc2)c1. The molecule has 1 fully saturated rings. The van der Waals surface area contributed by atoms with Gasteiger partial charge in [0.15, 0.2) is 0 Å². The summed E-state index contributed by atoms with van der Waals surface area (Å²) >= 11 is 0. The Hall–Kier alpha value is -3.93. The van der Waals surface area contributed by atoms with Gasteiger partial charge in [-0.3, -0.25) is 14.6 Å². The van der Waals surface area contributed by atoms with Gasteiger partial charge in [-0.05, 0) is 42.7 Å². The van der Waals surface area contributed by atoms with Gasteiger partial charge < -0.3 is 14.7 Å². The zero-order valence-corrected chi connectivity index (χ0v) is 20.1. The molecule has 6 heteroatoms. The summed E-state index contributed by atoms with van der Waals surface area (Å²) in [6.07, 6.45) is 6.47. The van der Waals surface area contributed by atoms with Crippen LogP contribution in [0.1, 0.15) is 54.5 Å². The molecule has 1 aliphatic heterocycles. The third kappa shape index (κ3) is 5.43.